The Morgan fingerprint density at radius 3 is 2.83 bits per heavy atom. The van der Waals surface area contributed by atoms with Crippen LogP contribution in [0.3, 0.4) is 0 Å². The van der Waals surface area contributed by atoms with Crippen LogP contribution in [0.15, 0.2) is 34.9 Å². The van der Waals surface area contributed by atoms with E-state index < -0.39 is 5.97 Å². The molecule has 0 aliphatic rings. The van der Waals surface area contributed by atoms with E-state index in [0.717, 1.165) is 22.2 Å². The summed E-state index contributed by atoms with van der Waals surface area (Å²) in [5.74, 6) is -0.667. The van der Waals surface area contributed by atoms with Crippen molar-refractivity contribution in [1.29, 1.82) is 0 Å². The van der Waals surface area contributed by atoms with Crippen LogP contribution in [-0.4, -0.2) is 21.2 Å². The number of carbonyl (C=O) groups is 1. The summed E-state index contributed by atoms with van der Waals surface area (Å²) in [5, 5.41) is 13.4. The van der Waals surface area contributed by atoms with Gasteiger partial charge in [0.1, 0.15) is 0 Å². The van der Waals surface area contributed by atoms with Crippen molar-refractivity contribution in [3.05, 3.63) is 41.6 Å². The van der Waals surface area contributed by atoms with Gasteiger partial charge in [0.15, 0.2) is 11.5 Å². The van der Waals surface area contributed by atoms with E-state index in [4.69, 9.17) is 9.63 Å². The smallest absolute Gasteiger partial charge is 0.358 e. The van der Waals surface area contributed by atoms with E-state index in [9.17, 15) is 4.79 Å². The molecule has 5 nitrogen and oxygen atoms in total. The average molecular weight is 242 g/mol. The maximum absolute atomic E-state index is 10.8. The van der Waals surface area contributed by atoms with E-state index in [1.807, 2.05) is 31.2 Å². The fourth-order valence-electron chi connectivity index (χ4n) is 2.02. The molecule has 2 heterocycles. The lowest BCUT2D eigenvalue weighted by Crippen LogP contribution is -1.94. The molecule has 0 spiro atoms. The summed E-state index contributed by atoms with van der Waals surface area (Å²) in [5.41, 5.74) is 2.66. The van der Waals surface area contributed by atoms with Crippen LogP contribution < -0.4 is 0 Å². The Morgan fingerprint density at radius 2 is 2.17 bits per heavy atom. The Labute approximate surface area is 102 Å². The van der Waals surface area contributed by atoms with Crippen LogP contribution in [0.4, 0.5) is 0 Å². The summed E-state index contributed by atoms with van der Waals surface area (Å²) in [6.07, 6.45) is 0. The van der Waals surface area contributed by atoms with Gasteiger partial charge in [-0.05, 0) is 18.6 Å². The molecule has 0 saturated carbocycles. The van der Waals surface area contributed by atoms with Crippen LogP contribution in [-0.2, 0) is 0 Å². The van der Waals surface area contributed by atoms with Crippen LogP contribution in [0.1, 0.15) is 16.1 Å². The molecule has 1 aromatic carbocycles. The number of aromatic nitrogens is 2. The number of aryl methyl sites for hydroxylation is 1. The molecular weight excluding hydrogens is 232 g/mol. The normalized spacial score (nSPS) is 10.9. The van der Waals surface area contributed by atoms with Gasteiger partial charge in [-0.3, -0.25) is 0 Å². The Hall–Kier alpha value is -2.56. The number of fused-ring (bicyclic) bond motifs is 1. The standard InChI is InChI=1S/C13H10N2O3/c1-7-8-4-2-3-5-9(8)14-12(7)11-6-10(13(16)17)15-18-11/h2-6,14H,1H3,(H,16,17). The van der Waals surface area contributed by atoms with Gasteiger partial charge in [0.25, 0.3) is 0 Å². The van der Waals surface area contributed by atoms with Crippen LogP contribution in [0.25, 0.3) is 22.4 Å². The molecule has 3 aromatic rings. The van der Waals surface area contributed by atoms with Crippen molar-refractivity contribution in [3.63, 3.8) is 0 Å². The van der Waals surface area contributed by atoms with Crippen LogP contribution >= 0.6 is 0 Å². The molecule has 5 heteroatoms. The van der Waals surface area contributed by atoms with Crippen LogP contribution in [0.2, 0.25) is 0 Å². The molecule has 2 N–H and O–H groups in total. The number of H-pyrrole nitrogens is 1. The number of benzene rings is 1. The topological polar surface area (TPSA) is 79.1 Å². The monoisotopic (exact) mass is 242 g/mol. The van der Waals surface area contributed by atoms with Gasteiger partial charge in [-0.25, -0.2) is 4.79 Å². The minimum Gasteiger partial charge on any atom is -0.476 e. The number of hydrogen-bond acceptors (Lipinski definition) is 3. The second kappa shape index (κ2) is 3.73. The van der Waals surface area contributed by atoms with Gasteiger partial charge in [-0.15, -0.1) is 0 Å². The molecule has 18 heavy (non-hydrogen) atoms. The van der Waals surface area contributed by atoms with E-state index in [1.165, 1.54) is 6.07 Å². The molecule has 2 aromatic heterocycles. The fraction of sp³-hybridized carbons (Fsp3) is 0.0769. The zero-order valence-corrected chi connectivity index (χ0v) is 9.60. The molecular formula is C13H10N2O3. The van der Waals surface area contributed by atoms with Crippen molar-refractivity contribution in [1.82, 2.24) is 10.1 Å². The molecule has 3 rings (SSSR count). The van der Waals surface area contributed by atoms with Gasteiger partial charge < -0.3 is 14.6 Å². The van der Waals surface area contributed by atoms with Crippen molar-refractivity contribution in [2.24, 2.45) is 0 Å². The Morgan fingerprint density at radius 1 is 1.39 bits per heavy atom. The summed E-state index contributed by atoms with van der Waals surface area (Å²) < 4.78 is 5.06. The molecule has 0 unspecified atom stereocenters. The Kier molecular flexibility index (Phi) is 2.19. The number of aromatic amines is 1. The predicted octanol–water partition coefficient (Wildman–Crippen LogP) is 2.83. The largest absolute Gasteiger partial charge is 0.476 e. The number of para-hydroxylation sites is 1. The first kappa shape index (κ1) is 10.6. The van der Waals surface area contributed by atoms with Gasteiger partial charge in [-0.2, -0.15) is 0 Å². The lowest BCUT2D eigenvalue weighted by Gasteiger charge is -1.92. The summed E-state index contributed by atoms with van der Waals surface area (Å²) >= 11 is 0. The summed E-state index contributed by atoms with van der Waals surface area (Å²) in [6, 6.07) is 9.26. The lowest BCUT2D eigenvalue weighted by atomic mass is 10.1. The lowest BCUT2D eigenvalue weighted by molar-refractivity contribution is 0.0686. The molecule has 0 aliphatic carbocycles. The number of carboxylic acids is 1. The Bertz CT molecular complexity index is 740. The minimum atomic E-state index is -1.10. The fourth-order valence-corrected chi connectivity index (χ4v) is 2.02. The van der Waals surface area contributed by atoms with Crippen molar-refractivity contribution in [3.8, 4) is 11.5 Å². The third-order valence-corrected chi connectivity index (χ3v) is 2.94. The molecule has 0 saturated heterocycles. The van der Waals surface area contributed by atoms with Gasteiger partial charge in [0.2, 0.25) is 0 Å². The van der Waals surface area contributed by atoms with Gasteiger partial charge in [0.05, 0.1) is 5.69 Å². The highest BCUT2D eigenvalue weighted by Gasteiger charge is 2.16. The number of nitrogens with one attached hydrogen (secondary N) is 1. The van der Waals surface area contributed by atoms with Gasteiger partial charge in [-0.1, -0.05) is 23.4 Å². The molecule has 0 bridgehead atoms. The molecule has 0 amide bonds. The van der Waals surface area contributed by atoms with E-state index in [1.54, 1.807) is 0 Å². The number of nitrogens with zero attached hydrogens (tertiary/aromatic N) is 1. The number of hydrogen-bond donors (Lipinski definition) is 2. The van der Waals surface area contributed by atoms with E-state index in [-0.39, 0.29) is 5.69 Å². The minimum absolute atomic E-state index is 0.0944. The molecule has 0 atom stereocenters. The van der Waals surface area contributed by atoms with E-state index in [2.05, 4.69) is 10.1 Å². The molecule has 0 fully saturated rings. The van der Waals surface area contributed by atoms with Crippen molar-refractivity contribution >= 4 is 16.9 Å². The van der Waals surface area contributed by atoms with E-state index >= 15 is 0 Å². The maximum Gasteiger partial charge on any atom is 0.358 e. The zero-order valence-electron chi connectivity index (χ0n) is 9.60. The van der Waals surface area contributed by atoms with Crippen LogP contribution in [0, 0.1) is 6.92 Å². The third kappa shape index (κ3) is 1.48. The number of carboxylic acid groups (broad SMARTS) is 1. The van der Waals surface area contributed by atoms with Crippen molar-refractivity contribution in [2.75, 3.05) is 0 Å². The third-order valence-electron chi connectivity index (χ3n) is 2.94. The maximum atomic E-state index is 10.8. The summed E-state index contributed by atoms with van der Waals surface area (Å²) in [4.78, 5) is 14.0. The first-order chi connectivity index (χ1) is 8.66. The van der Waals surface area contributed by atoms with E-state index in [0.29, 0.717) is 5.76 Å². The quantitative estimate of drug-likeness (QED) is 0.724. The summed E-state index contributed by atoms with van der Waals surface area (Å²) in [7, 11) is 0. The second-order valence-electron chi connectivity index (χ2n) is 4.05. The molecule has 0 aliphatic heterocycles. The highest BCUT2D eigenvalue weighted by molar-refractivity contribution is 5.91. The number of rotatable bonds is 2. The first-order valence-electron chi connectivity index (χ1n) is 5.44. The highest BCUT2D eigenvalue weighted by atomic mass is 16.5. The van der Waals surface area contributed by atoms with Gasteiger partial charge in [0, 0.05) is 17.0 Å². The zero-order chi connectivity index (χ0) is 12.7. The number of aromatic carboxylic acids is 1. The van der Waals surface area contributed by atoms with Crippen molar-refractivity contribution in [2.45, 2.75) is 6.92 Å². The average Bonchev–Trinajstić information content (AvgIpc) is 2.95. The second-order valence-corrected chi connectivity index (χ2v) is 4.05. The molecule has 90 valence electrons. The highest BCUT2D eigenvalue weighted by Crippen LogP contribution is 2.29. The van der Waals surface area contributed by atoms with Crippen LogP contribution in [0.5, 0.6) is 0 Å². The SMILES string of the molecule is Cc1c(-c2cc(C(=O)O)no2)[nH]c2ccccc12. The summed E-state index contributed by atoms with van der Waals surface area (Å²) in [6.45, 7) is 1.96. The van der Waals surface area contributed by atoms with Crippen molar-refractivity contribution < 1.29 is 14.4 Å². The Balaban J connectivity index is 2.18. The first-order valence-corrected chi connectivity index (χ1v) is 5.44. The predicted molar refractivity (Wildman–Crippen MR) is 65.5 cm³/mol. The molecule has 0 radical (unpaired) electrons. The van der Waals surface area contributed by atoms with Gasteiger partial charge >= 0.3 is 5.97 Å².